The van der Waals surface area contributed by atoms with Gasteiger partial charge in [-0.2, -0.15) is 0 Å². The van der Waals surface area contributed by atoms with Crippen molar-refractivity contribution in [2.45, 2.75) is 6.92 Å². The lowest BCUT2D eigenvalue weighted by Crippen LogP contribution is -2.23. The van der Waals surface area contributed by atoms with Crippen LogP contribution in [0.4, 0.5) is 5.69 Å². The molecular formula is C23H16IN3O3. The quantitative estimate of drug-likeness (QED) is 0.210. The van der Waals surface area contributed by atoms with Crippen molar-refractivity contribution in [3.8, 4) is 5.69 Å². The molecule has 0 unspecified atom stereocenters. The van der Waals surface area contributed by atoms with Gasteiger partial charge < -0.3 is 0 Å². The van der Waals surface area contributed by atoms with Crippen molar-refractivity contribution in [3.63, 3.8) is 0 Å². The first-order valence-corrected chi connectivity index (χ1v) is 10.2. The van der Waals surface area contributed by atoms with Crippen molar-refractivity contribution in [1.29, 1.82) is 0 Å². The molecule has 0 aliphatic carbocycles. The van der Waals surface area contributed by atoms with Crippen LogP contribution in [0.3, 0.4) is 0 Å². The first-order chi connectivity index (χ1) is 14.5. The minimum atomic E-state index is -0.427. The Morgan fingerprint density at radius 1 is 1.03 bits per heavy atom. The van der Waals surface area contributed by atoms with E-state index in [2.05, 4.69) is 27.6 Å². The molecule has 7 heteroatoms. The fourth-order valence-corrected chi connectivity index (χ4v) is 3.78. The van der Waals surface area contributed by atoms with E-state index in [0.717, 1.165) is 14.8 Å². The summed E-state index contributed by atoms with van der Waals surface area (Å²) in [5.41, 5.74) is 2.47. The number of para-hydroxylation sites is 2. The third kappa shape index (κ3) is 3.76. The lowest BCUT2D eigenvalue weighted by Gasteiger charge is -2.13. The summed E-state index contributed by atoms with van der Waals surface area (Å²) in [6.45, 7) is 1.93. The van der Waals surface area contributed by atoms with Gasteiger partial charge in [0.25, 0.3) is 11.2 Å². The second kappa shape index (κ2) is 8.19. The van der Waals surface area contributed by atoms with Crippen LogP contribution < -0.4 is 5.56 Å². The fourth-order valence-electron chi connectivity index (χ4n) is 3.29. The average Bonchev–Trinajstić information content (AvgIpc) is 2.74. The monoisotopic (exact) mass is 509 g/mol. The van der Waals surface area contributed by atoms with E-state index in [9.17, 15) is 14.9 Å². The number of halogens is 1. The molecule has 4 rings (SSSR count). The van der Waals surface area contributed by atoms with Gasteiger partial charge in [0.1, 0.15) is 5.82 Å². The Bertz CT molecular complexity index is 1380. The van der Waals surface area contributed by atoms with Crippen molar-refractivity contribution in [2.24, 2.45) is 0 Å². The summed E-state index contributed by atoms with van der Waals surface area (Å²) in [4.78, 5) is 29.0. The third-order valence-corrected chi connectivity index (χ3v) is 5.43. The fraction of sp³-hybridized carbons (Fsp3) is 0.0435. The standard InChI is InChI=1S/C23H16IN3O3/c1-15-6-2-4-8-20(15)26-22(13-10-16-7-3-5-9-21(16)27(29)30)25-19-12-11-17(24)14-18(19)23(26)28/h2-14H,1H3/b13-10+. The summed E-state index contributed by atoms with van der Waals surface area (Å²) in [6.07, 6.45) is 3.26. The molecule has 3 aromatic carbocycles. The van der Waals surface area contributed by atoms with E-state index >= 15 is 0 Å². The van der Waals surface area contributed by atoms with E-state index in [1.165, 1.54) is 6.07 Å². The maximum absolute atomic E-state index is 13.4. The van der Waals surface area contributed by atoms with Crippen molar-refractivity contribution in [2.75, 3.05) is 0 Å². The Morgan fingerprint density at radius 2 is 1.77 bits per heavy atom. The van der Waals surface area contributed by atoms with E-state index in [4.69, 9.17) is 0 Å². The van der Waals surface area contributed by atoms with E-state index in [1.54, 1.807) is 34.9 Å². The molecule has 0 fully saturated rings. The van der Waals surface area contributed by atoms with Crippen LogP contribution in [0.15, 0.2) is 71.5 Å². The zero-order valence-corrected chi connectivity index (χ0v) is 18.1. The van der Waals surface area contributed by atoms with Gasteiger partial charge in [0.05, 0.1) is 27.1 Å². The molecule has 148 valence electrons. The summed E-state index contributed by atoms with van der Waals surface area (Å²) in [5.74, 6) is 0.404. The molecule has 0 saturated carbocycles. The molecule has 1 aromatic heterocycles. The van der Waals surface area contributed by atoms with Gasteiger partial charge in [-0.3, -0.25) is 19.5 Å². The molecule has 0 saturated heterocycles. The maximum Gasteiger partial charge on any atom is 0.276 e. The lowest BCUT2D eigenvalue weighted by molar-refractivity contribution is -0.385. The SMILES string of the molecule is Cc1ccccc1-n1c(/C=C/c2ccccc2[N+](=O)[O-])nc2ccc(I)cc2c1=O. The van der Waals surface area contributed by atoms with Gasteiger partial charge in [-0.25, -0.2) is 4.98 Å². The normalized spacial score (nSPS) is 11.3. The predicted molar refractivity (Wildman–Crippen MR) is 127 cm³/mol. The van der Waals surface area contributed by atoms with Crippen LogP contribution in [0.25, 0.3) is 28.7 Å². The largest absolute Gasteiger partial charge is 0.276 e. The van der Waals surface area contributed by atoms with Crippen LogP contribution >= 0.6 is 22.6 Å². The molecule has 0 N–H and O–H groups in total. The molecule has 6 nitrogen and oxygen atoms in total. The lowest BCUT2D eigenvalue weighted by atomic mass is 10.1. The molecule has 30 heavy (non-hydrogen) atoms. The van der Waals surface area contributed by atoms with Gasteiger partial charge in [-0.1, -0.05) is 30.3 Å². The highest BCUT2D eigenvalue weighted by molar-refractivity contribution is 14.1. The molecule has 0 radical (unpaired) electrons. The molecule has 0 spiro atoms. The number of hydrogen-bond donors (Lipinski definition) is 0. The number of rotatable bonds is 4. The van der Waals surface area contributed by atoms with E-state index < -0.39 is 4.92 Å². The zero-order valence-electron chi connectivity index (χ0n) is 15.9. The van der Waals surface area contributed by atoms with E-state index in [0.29, 0.717) is 22.3 Å². The van der Waals surface area contributed by atoms with E-state index in [1.807, 2.05) is 49.4 Å². The van der Waals surface area contributed by atoms with Gasteiger partial charge in [0, 0.05) is 9.64 Å². The van der Waals surface area contributed by atoms with Gasteiger partial charge in [-0.05, 0) is 77.6 Å². The number of fused-ring (bicyclic) bond motifs is 1. The topological polar surface area (TPSA) is 78.0 Å². The number of nitro groups is 1. The number of aryl methyl sites for hydroxylation is 1. The number of hydrogen-bond acceptors (Lipinski definition) is 4. The summed E-state index contributed by atoms with van der Waals surface area (Å²) in [7, 11) is 0. The molecule has 0 aliphatic heterocycles. The van der Waals surface area contributed by atoms with Crippen LogP contribution in [0.1, 0.15) is 17.0 Å². The summed E-state index contributed by atoms with van der Waals surface area (Å²) in [6, 6.07) is 19.5. The summed E-state index contributed by atoms with van der Waals surface area (Å²) < 4.78 is 2.50. The summed E-state index contributed by atoms with van der Waals surface area (Å²) >= 11 is 2.17. The molecule has 1 heterocycles. The van der Waals surface area contributed by atoms with Crippen molar-refractivity contribution >= 4 is 51.3 Å². The van der Waals surface area contributed by atoms with Gasteiger partial charge in [0.15, 0.2) is 0 Å². The molecule has 0 bridgehead atoms. The van der Waals surface area contributed by atoms with Crippen LogP contribution in [0.5, 0.6) is 0 Å². The van der Waals surface area contributed by atoms with Crippen LogP contribution in [0.2, 0.25) is 0 Å². The first-order valence-electron chi connectivity index (χ1n) is 9.15. The Hall–Kier alpha value is -3.33. The minimum Gasteiger partial charge on any atom is -0.268 e. The van der Waals surface area contributed by atoms with Crippen molar-refractivity contribution in [3.05, 3.63) is 108 Å². The molecule has 0 atom stereocenters. The number of nitrogens with zero attached hydrogens (tertiary/aromatic N) is 3. The molecule has 4 aromatic rings. The van der Waals surface area contributed by atoms with Crippen LogP contribution in [-0.4, -0.2) is 14.5 Å². The molecule has 0 amide bonds. The van der Waals surface area contributed by atoms with Crippen molar-refractivity contribution in [1.82, 2.24) is 9.55 Å². The Balaban J connectivity index is 1.99. The van der Waals surface area contributed by atoms with Crippen molar-refractivity contribution < 1.29 is 4.92 Å². The number of nitro benzene ring substituents is 1. The Morgan fingerprint density at radius 3 is 2.53 bits per heavy atom. The second-order valence-corrected chi connectivity index (χ2v) is 7.95. The smallest absolute Gasteiger partial charge is 0.268 e. The zero-order chi connectivity index (χ0) is 21.3. The minimum absolute atomic E-state index is 0.00567. The van der Waals surface area contributed by atoms with Gasteiger partial charge in [-0.15, -0.1) is 0 Å². The number of benzene rings is 3. The number of aromatic nitrogens is 2. The first kappa shape index (κ1) is 20.0. The average molecular weight is 509 g/mol. The Labute approximate surface area is 185 Å². The van der Waals surface area contributed by atoms with Crippen LogP contribution in [0, 0.1) is 20.6 Å². The van der Waals surface area contributed by atoms with Gasteiger partial charge >= 0.3 is 0 Å². The predicted octanol–water partition coefficient (Wildman–Crippen LogP) is 5.38. The van der Waals surface area contributed by atoms with Gasteiger partial charge in [0.2, 0.25) is 0 Å². The summed E-state index contributed by atoms with van der Waals surface area (Å²) in [5, 5.41) is 11.8. The Kier molecular flexibility index (Phi) is 5.45. The third-order valence-electron chi connectivity index (χ3n) is 4.76. The highest BCUT2D eigenvalue weighted by atomic mass is 127. The molecule has 0 aliphatic rings. The van der Waals surface area contributed by atoms with Crippen LogP contribution in [-0.2, 0) is 0 Å². The molecular weight excluding hydrogens is 493 g/mol. The maximum atomic E-state index is 13.4. The van der Waals surface area contributed by atoms with E-state index in [-0.39, 0.29) is 11.2 Å². The highest BCUT2D eigenvalue weighted by Crippen LogP contribution is 2.22. The highest BCUT2D eigenvalue weighted by Gasteiger charge is 2.14. The second-order valence-electron chi connectivity index (χ2n) is 6.71.